The fraction of sp³-hybridized carbons (Fsp3) is 0.261. The number of pyridine rings is 1. The molecule has 6 nitrogen and oxygen atoms in total. The van der Waals surface area contributed by atoms with Crippen LogP contribution < -0.4 is 4.90 Å². The maximum absolute atomic E-state index is 13.4. The zero-order valence-electron chi connectivity index (χ0n) is 17.3. The number of anilines is 1. The molecule has 0 radical (unpaired) electrons. The second kappa shape index (κ2) is 7.98. The van der Waals surface area contributed by atoms with Crippen molar-refractivity contribution in [3.63, 3.8) is 0 Å². The monoisotopic (exact) mass is 451 g/mol. The van der Waals surface area contributed by atoms with Gasteiger partial charge in [-0.2, -0.15) is 5.10 Å². The van der Waals surface area contributed by atoms with Gasteiger partial charge < -0.3 is 9.80 Å². The molecule has 1 fully saturated rings. The zero-order valence-corrected chi connectivity index (χ0v) is 18.9. The summed E-state index contributed by atoms with van der Waals surface area (Å²) >= 11 is 7.88. The predicted octanol–water partition coefficient (Wildman–Crippen LogP) is 4.79. The number of hydrogen-bond donors (Lipinski definition) is 0. The summed E-state index contributed by atoms with van der Waals surface area (Å²) in [5, 5.41) is 6.29. The molecule has 0 aliphatic carbocycles. The number of rotatable bonds is 3. The lowest BCUT2D eigenvalue weighted by molar-refractivity contribution is 0.0679. The molecule has 4 aromatic rings. The van der Waals surface area contributed by atoms with Crippen LogP contribution in [0.5, 0.6) is 0 Å². The van der Waals surface area contributed by atoms with Crippen molar-refractivity contribution in [3.05, 3.63) is 70.5 Å². The minimum Gasteiger partial charge on any atom is -0.368 e. The number of benzene rings is 1. The van der Waals surface area contributed by atoms with Crippen LogP contribution in [-0.4, -0.2) is 51.2 Å². The molecular formula is C23H22ClN5OS. The van der Waals surface area contributed by atoms with Crippen molar-refractivity contribution in [1.82, 2.24) is 19.7 Å². The fourth-order valence-corrected chi connectivity index (χ4v) is 5.48. The van der Waals surface area contributed by atoms with E-state index in [0.717, 1.165) is 45.3 Å². The Bertz CT molecular complexity index is 1250. The molecule has 1 aromatic carbocycles. The van der Waals surface area contributed by atoms with Crippen LogP contribution >= 0.6 is 22.9 Å². The minimum atomic E-state index is 0.0770. The SMILES string of the molecule is Cc1nn(-c2ccccc2Cl)c2sc(C(=O)N3CCN(c4ccncc4)CC3C)cc12. The molecule has 0 N–H and O–H groups in total. The summed E-state index contributed by atoms with van der Waals surface area (Å²) in [6.07, 6.45) is 3.61. The van der Waals surface area contributed by atoms with Gasteiger partial charge in [-0.1, -0.05) is 23.7 Å². The van der Waals surface area contributed by atoms with Crippen molar-refractivity contribution in [3.8, 4) is 5.69 Å². The predicted molar refractivity (Wildman–Crippen MR) is 126 cm³/mol. The molecule has 1 aliphatic heterocycles. The number of nitrogens with zero attached hydrogens (tertiary/aromatic N) is 5. The second-order valence-corrected chi connectivity index (χ2v) is 9.21. The van der Waals surface area contributed by atoms with Gasteiger partial charge in [0.05, 0.1) is 21.3 Å². The van der Waals surface area contributed by atoms with Crippen LogP contribution in [0, 0.1) is 6.92 Å². The number of fused-ring (bicyclic) bond motifs is 1. The van der Waals surface area contributed by atoms with E-state index in [1.54, 1.807) is 12.4 Å². The standard InChI is InChI=1S/C23H22ClN5OS/c1-15-14-27(17-7-9-25-10-8-17)11-12-28(15)22(30)21-13-18-16(2)26-29(23(18)31-21)20-6-4-3-5-19(20)24/h3-10,13,15H,11-12,14H2,1-2H3. The summed E-state index contributed by atoms with van der Waals surface area (Å²) in [6, 6.07) is 13.7. The Balaban J connectivity index is 1.42. The summed E-state index contributed by atoms with van der Waals surface area (Å²) in [4.78, 5) is 23.5. The van der Waals surface area contributed by atoms with E-state index in [0.29, 0.717) is 11.6 Å². The third kappa shape index (κ3) is 3.58. The lowest BCUT2D eigenvalue weighted by atomic mass is 10.1. The number of aromatic nitrogens is 3. The van der Waals surface area contributed by atoms with E-state index in [-0.39, 0.29) is 11.9 Å². The molecule has 158 valence electrons. The third-order valence-corrected chi connectivity index (χ3v) is 7.17. The van der Waals surface area contributed by atoms with Crippen molar-refractivity contribution < 1.29 is 4.79 Å². The Morgan fingerprint density at radius 3 is 2.68 bits per heavy atom. The highest BCUT2D eigenvalue weighted by molar-refractivity contribution is 7.20. The Kier molecular flexibility index (Phi) is 5.16. The normalized spacial score (nSPS) is 16.8. The van der Waals surface area contributed by atoms with Gasteiger partial charge in [-0.25, -0.2) is 4.68 Å². The van der Waals surface area contributed by atoms with Crippen molar-refractivity contribution >= 4 is 44.7 Å². The topological polar surface area (TPSA) is 54.3 Å². The van der Waals surface area contributed by atoms with Crippen molar-refractivity contribution in [1.29, 1.82) is 0 Å². The number of piperazine rings is 1. The van der Waals surface area contributed by atoms with E-state index in [2.05, 4.69) is 21.9 Å². The first-order chi connectivity index (χ1) is 15.0. The Morgan fingerprint density at radius 2 is 1.94 bits per heavy atom. The van der Waals surface area contributed by atoms with Gasteiger partial charge in [-0.3, -0.25) is 9.78 Å². The van der Waals surface area contributed by atoms with Crippen LogP contribution in [0.2, 0.25) is 5.02 Å². The van der Waals surface area contributed by atoms with Gasteiger partial charge >= 0.3 is 0 Å². The van der Waals surface area contributed by atoms with Crippen molar-refractivity contribution in [2.24, 2.45) is 0 Å². The van der Waals surface area contributed by atoms with E-state index >= 15 is 0 Å². The molecule has 1 aliphatic rings. The second-order valence-electron chi connectivity index (χ2n) is 7.78. The molecule has 4 heterocycles. The van der Waals surface area contributed by atoms with Crippen LogP contribution in [0.25, 0.3) is 15.9 Å². The Hall–Kier alpha value is -2.90. The van der Waals surface area contributed by atoms with Gasteiger partial charge in [0.15, 0.2) is 0 Å². The lowest BCUT2D eigenvalue weighted by Crippen LogP contribution is -2.54. The highest BCUT2D eigenvalue weighted by Crippen LogP contribution is 2.33. The number of thiophene rings is 1. The molecule has 0 bridgehead atoms. The summed E-state index contributed by atoms with van der Waals surface area (Å²) < 4.78 is 1.85. The first kappa shape index (κ1) is 20.0. The highest BCUT2D eigenvalue weighted by atomic mass is 35.5. The van der Waals surface area contributed by atoms with Gasteiger partial charge in [0.25, 0.3) is 5.91 Å². The molecule has 31 heavy (non-hydrogen) atoms. The van der Waals surface area contributed by atoms with Gasteiger partial charge in [-0.15, -0.1) is 11.3 Å². The minimum absolute atomic E-state index is 0.0770. The molecule has 8 heteroatoms. The molecule has 3 aromatic heterocycles. The number of carbonyl (C=O) groups excluding carboxylic acids is 1. The summed E-state index contributed by atoms with van der Waals surface area (Å²) in [5.74, 6) is 0.0770. The first-order valence-electron chi connectivity index (χ1n) is 10.2. The van der Waals surface area contributed by atoms with E-state index < -0.39 is 0 Å². The maximum Gasteiger partial charge on any atom is 0.264 e. The molecular weight excluding hydrogens is 430 g/mol. The average molecular weight is 452 g/mol. The van der Waals surface area contributed by atoms with Gasteiger partial charge in [0.1, 0.15) is 4.83 Å². The van der Waals surface area contributed by atoms with Gasteiger partial charge in [0.2, 0.25) is 0 Å². The van der Waals surface area contributed by atoms with Gasteiger partial charge in [-0.05, 0) is 44.2 Å². The molecule has 1 atom stereocenters. The molecule has 1 unspecified atom stereocenters. The fourth-order valence-electron chi connectivity index (χ4n) is 4.13. The lowest BCUT2D eigenvalue weighted by Gasteiger charge is -2.40. The molecule has 1 amide bonds. The van der Waals surface area contributed by atoms with E-state index in [1.165, 1.54) is 11.3 Å². The molecule has 0 saturated carbocycles. The van der Waals surface area contributed by atoms with E-state index in [1.807, 2.05) is 59.0 Å². The van der Waals surface area contributed by atoms with Crippen LogP contribution in [0.4, 0.5) is 5.69 Å². The smallest absolute Gasteiger partial charge is 0.264 e. The Labute approximate surface area is 189 Å². The number of hydrogen-bond acceptors (Lipinski definition) is 5. The summed E-state index contributed by atoms with van der Waals surface area (Å²) in [5.41, 5.74) is 2.86. The van der Waals surface area contributed by atoms with Crippen molar-refractivity contribution in [2.75, 3.05) is 24.5 Å². The van der Waals surface area contributed by atoms with Gasteiger partial charge in [0, 0.05) is 49.1 Å². The highest BCUT2D eigenvalue weighted by Gasteiger charge is 2.30. The van der Waals surface area contributed by atoms with Crippen LogP contribution in [-0.2, 0) is 0 Å². The van der Waals surface area contributed by atoms with Crippen LogP contribution in [0.3, 0.4) is 0 Å². The molecule has 0 spiro atoms. The quantitative estimate of drug-likeness (QED) is 0.449. The third-order valence-electron chi connectivity index (χ3n) is 5.75. The number of aryl methyl sites for hydroxylation is 1. The maximum atomic E-state index is 13.4. The summed E-state index contributed by atoms with van der Waals surface area (Å²) in [7, 11) is 0. The summed E-state index contributed by atoms with van der Waals surface area (Å²) in [6.45, 7) is 6.36. The van der Waals surface area contributed by atoms with Crippen molar-refractivity contribution in [2.45, 2.75) is 19.9 Å². The zero-order chi connectivity index (χ0) is 21.5. The first-order valence-corrected chi connectivity index (χ1v) is 11.4. The number of halogens is 1. The Morgan fingerprint density at radius 1 is 1.16 bits per heavy atom. The number of amides is 1. The molecule has 5 rings (SSSR count). The number of para-hydroxylation sites is 1. The average Bonchev–Trinajstić information content (AvgIpc) is 3.35. The molecule has 1 saturated heterocycles. The van der Waals surface area contributed by atoms with E-state index in [4.69, 9.17) is 11.6 Å². The van der Waals surface area contributed by atoms with Crippen LogP contribution in [0.1, 0.15) is 22.3 Å². The largest absolute Gasteiger partial charge is 0.368 e. The van der Waals surface area contributed by atoms with E-state index in [9.17, 15) is 4.79 Å². The number of carbonyl (C=O) groups is 1. The van der Waals surface area contributed by atoms with Crippen LogP contribution in [0.15, 0.2) is 54.9 Å².